The zero-order valence-corrected chi connectivity index (χ0v) is 8.62. The fourth-order valence-electron chi connectivity index (χ4n) is 2.12. The second-order valence-electron chi connectivity index (χ2n) is 4.23. The highest BCUT2D eigenvalue weighted by atomic mass is 19.1. The number of rotatable bonds is 3. The van der Waals surface area contributed by atoms with Gasteiger partial charge in [-0.25, -0.2) is 8.78 Å². The van der Waals surface area contributed by atoms with Crippen molar-refractivity contribution in [3.05, 3.63) is 35.6 Å². The van der Waals surface area contributed by atoms with Gasteiger partial charge in [-0.2, -0.15) is 0 Å². The van der Waals surface area contributed by atoms with Crippen LogP contribution in [0, 0.1) is 11.2 Å². The number of hydrogen-bond acceptors (Lipinski definition) is 1. The van der Waals surface area contributed by atoms with Crippen molar-refractivity contribution >= 4 is 5.97 Å². The highest BCUT2D eigenvalue weighted by molar-refractivity contribution is 5.77. The van der Waals surface area contributed by atoms with Gasteiger partial charge in [0.15, 0.2) is 0 Å². The predicted molar refractivity (Wildman–Crippen MR) is 54.2 cm³/mol. The van der Waals surface area contributed by atoms with E-state index in [-0.39, 0.29) is 5.56 Å². The Labute approximate surface area is 91.9 Å². The van der Waals surface area contributed by atoms with Gasteiger partial charge in [0, 0.05) is 0 Å². The molecule has 1 fully saturated rings. The molecule has 4 heteroatoms. The number of carbonyl (C=O) groups is 1. The van der Waals surface area contributed by atoms with E-state index in [0.717, 1.165) is 6.07 Å². The van der Waals surface area contributed by atoms with Crippen LogP contribution in [0.3, 0.4) is 0 Å². The first-order valence-corrected chi connectivity index (χ1v) is 5.19. The van der Waals surface area contributed by atoms with Crippen molar-refractivity contribution in [1.82, 2.24) is 0 Å². The number of carboxylic acid groups (broad SMARTS) is 1. The summed E-state index contributed by atoms with van der Waals surface area (Å²) < 4.78 is 27.0. The average molecular weight is 226 g/mol. The van der Waals surface area contributed by atoms with E-state index in [1.165, 1.54) is 18.2 Å². The summed E-state index contributed by atoms with van der Waals surface area (Å²) in [5.41, 5.74) is -1.23. The maximum atomic E-state index is 14.1. The van der Waals surface area contributed by atoms with E-state index in [0.29, 0.717) is 19.3 Å². The molecule has 1 aliphatic carbocycles. The lowest BCUT2D eigenvalue weighted by atomic mass is 9.64. The Bertz CT molecular complexity index is 413. The average Bonchev–Trinajstić information content (AvgIpc) is 2.15. The molecular formula is C12H12F2O2. The summed E-state index contributed by atoms with van der Waals surface area (Å²) in [5, 5.41) is 9.05. The van der Waals surface area contributed by atoms with Crippen LogP contribution in [0.1, 0.15) is 31.0 Å². The number of carboxylic acids is 1. The molecule has 16 heavy (non-hydrogen) atoms. The standard InChI is InChI=1S/C12H12F2O2/c13-9-4-1-3-8(7-9)10(14)12(11(15)16)5-2-6-12/h1,3-4,7,10H,2,5-6H2,(H,15,16). The Morgan fingerprint density at radius 1 is 1.44 bits per heavy atom. The first kappa shape index (κ1) is 11.0. The van der Waals surface area contributed by atoms with Crippen LogP contribution in [0.15, 0.2) is 24.3 Å². The number of alkyl halides is 1. The number of aliphatic carboxylic acids is 1. The number of halogens is 2. The molecule has 1 atom stereocenters. The summed E-state index contributed by atoms with van der Waals surface area (Å²) in [6, 6.07) is 5.10. The molecule has 0 heterocycles. The van der Waals surface area contributed by atoms with E-state index in [1.54, 1.807) is 0 Å². The van der Waals surface area contributed by atoms with Gasteiger partial charge >= 0.3 is 5.97 Å². The van der Waals surface area contributed by atoms with E-state index in [1.807, 2.05) is 0 Å². The highest BCUT2D eigenvalue weighted by Gasteiger charge is 2.52. The van der Waals surface area contributed by atoms with Crippen molar-refractivity contribution in [2.75, 3.05) is 0 Å². The summed E-state index contributed by atoms with van der Waals surface area (Å²) in [7, 11) is 0. The van der Waals surface area contributed by atoms with E-state index >= 15 is 0 Å². The van der Waals surface area contributed by atoms with Crippen molar-refractivity contribution in [3.63, 3.8) is 0 Å². The van der Waals surface area contributed by atoms with E-state index in [9.17, 15) is 13.6 Å². The van der Waals surface area contributed by atoms with E-state index < -0.39 is 23.4 Å². The summed E-state index contributed by atoms with van der Waals surface area (Å²) in [6.45, 7) is 0. The van der Waals surface area contributed by atoms with Crippen molar-refractivity contribution < 1.29 is 18.7 Å². The minimum Gasteiger partial charge on any atom is -0.481 e. The topological polar surface area (TPSA) is 37.3 Å². The van der Waals surface area contributed by atoms with Crippen LogP contribution in [0.2, 0.25) is 0 Å². The molecule has 0 aliphatic heterocycles. The van der Waals surface area contributed by atoms with Gasteiger partial charge in [-0.3, -0.25) is 4.79 Å². The maximum absolute atomic E-state index is 14.1. The first-order valence-electron chi connectivity index (χ1n) is 5.19. The van der Waals surface area contributed by atoms with Gasteiger partial charge in [0.2, 0.25) is 0 Å². The summed E-state index contributed by atoms with van der Waals surface area (Å²) in [4.78, 5) is 11.1. The Balaban J connectivity index is 2.30. The molecule has 0 amide bonds. The van der Waals surface area contributed by atoms with Gasteiger partial charge in [-0.05, 0) is 30.5 Å². The van der Waals surface area contributed by atoms with Gasteiger partial charge in [-0.1, -0.05) is 18.6 Å². The lowest BCUT2D eigenvalue weighted by molar-refractivity contribution is -0.161. The largest absolute Gasteiger partial charge is 0.481 e. The second-order valence-corrected chi connectivity index (χ2v) is 4.23. The number of hydrogen-bond donors (Lipinski definition) is 1. The smallest absolute Gasteiger partial charge is 0.312 e. The third-order valence-electron chi connectivity index (χ3n) is 3.30. The molecule has 2 rings (SSSR count). The highest BCUT2D eigenvalue weighted by Crippen LogP contribution is 2.52. The molecule has 0 spiro atoms. The molecule has 1 N–H and O–H groups in total. The van der Waals surface area contributed by atoms with Gasteiger partial charge < -0.3 is 5.11 Å². The van der Waals surface area contributed by atoms with Crippen molar-refractivity contribution in [3.8, 4) is 0 Å². The number of benzene rings is 1. The van der Waals surface area contributed by atoms with E-state index in [4.69, 9.17) is 5.11 Å². The first-order chi connectivity index (χ1) is 7.56. The molecule has 2 nitrogen and oxygen atoms in total. The summed E-state index contributed by atoms with van der Waals surface area (Å²) in [6.07, 6.45) is -0.281. The van der Waals surface area contributed by atoms with E-state index in [2.05, 4.69) is 0 Å². The fourth-order valence-corrected chi connectivity index (χ4v) is 2.12. The molecular weight excluding hydrogens is 214 g/mol. The van der Waals surface area contributed by atoms with Crippen LogP contribution in [-0.4, -0.2) is 11.1 Å². The molecule has 86 valence electrons. The van der Waals surface area contributed by atoms with Gasteiger partial charge in [0.25, 0.3) is 0 Å². The van der Waals surface area contributed by atoms with Crippen LogP contribution >= 0.6 is 0 Å². The molecule has 1 unspecified atom stereocenters. The second kappa shape index (κ2) is 3.85. The third-order valence-corrected chi connectivity index (χ3v) is 3.30. The Hall–Kier alpha value is -1.45. The van der Waals surface area contributed by atoms with Crippen LogP contribution in [0.4, 0.5) is 8.78 Å². The fraction of sp³-hybridized carbons (Fsp3) is 0.417. The third kappa shape index (κ3) is 1.58. The van der Waals surface area contributed by atoms with Gasteiger partial charge in [-0.15, -0.1) is 0 Å². The van der Waals surface area contributed by atoms with Crippen LogP contribution < -0.4 is 0 Å². The molecule has 0 bridgehead atoms. The minimum absolute atomic E-state index is 0.113. The van der Waals surface area contributed by atoms with Gasteiger partial charge in [0.1, 0.15) is 17.4 Å². The Kier molecular flexibility index (Phi) is 2.66. The predicted octanol–water partition coefficient (Wildman–Crippen LogP) is 3.09. The van der Waals surface area contributed by atoms with Crippen LogP contribution in [0.25, 0.3) is 0 Å². The monoisotopic (exact) mass is 226 g/mol. The quantitative estimate of drug-likeness (QED) is 0.859. The minimum atomic E-state index is -1.63. The van der Waals surface area contributed by atoms with Crippen molar-refractivity contribution in [1.29, 1.82) is 0 Å². The Morgan fingerprint density at radius 2 is 2.12 bits per heavy atom. The maximum Gasteiger partial charge on any atom is 0.312 e. The zero-order chi connectivity index (χ0) is 11.8. The lowest BCUT2D eigenvalue weighted by Crippen LogP contribution is -2.41. The van der Waals surface area contributed by atoms with Crippen LogP contribution in [0.5, 0.6) is 0 Å². The van der Waals surface area contributed by atoms with Gasteiger partial charge in [0.05, 0.1) is 0 Å². The molecule has 1 aromatic rings. The SMILES string of the molecule is O=C(O)C1(C(F)c2cccc(F)c2)CCC1. The van der Waals surface area contributed by atoms with Crippen molar-refractivity contribution in [2.45, 2.75) is 25.4 Å². The molecule has 0 saturated heterocycles. The molecule has 1 saturated carbocycles. The molecule has 1 aliphatic rings. The molecule has 0 aromatic heterocycles. The molecule has 1 aromatic carbocycles. The van der Waals surface area contributed by atoms with Crippen molar-refractivity contribution in [2.24, 2.45) is 5.41 Å². The normalized spacial score (nSPS) is 19.9. The Morgan fingerprint density at radius 3 is 2.56 bits per heavy atom. The van der Waals surface area contributed by atoms with Crippen LogP contribution in [-0.2, 0) is 4.79 Å². The zero-order valence-electron chi connectivity index (χ0n) is 8.62. The molecule has 0 radical (unpaired) electrons. The summed E-state index contributed by atoms with van der Waals surface area (Å²) >= 11 is 0. The lowest BCUT2D eigenvalue weighted by Gasteiger charge is -2.40. The summed E-state index contributed by atoms with van der Waals surface area (Å²) in [5.74, 6) is -1.67.